The van der Waals surface area contributed by atoms with Crippen molar-refractivity contribution in [2.75, 3.05) is 0 Å². The van der Waals surface area contributed by atoms with Crippen LogP contribution in [0.25, 0.3) is 83.9 Å². The number of aromatic nitrogens is 3. The van der Waals surface area contributed by atoms with E-state index in [2.05, 4.69) is 126 Å². The number of phenolic OH excluding ortho intramolecular Hbond substituents is 1. The van der Waals surface area contributed by atoms with E-state index in [1.807, 2.05) is 80.6 Å². The summed E-state index contributed by atoms with van der Waals surface area (Å²) >= 11 is 0. The highest BCUT2D eigenvalue weighted by Crippen LogP contribution is 2.47. The molecule has 0 unspecified atom stereocenters. The number of rotatable bonds is 8. The third kappa shape index (κ3) is 8.93. The maximum Gasteiger partial charge on any atom is 0.149 e. The fourth-order valence-electron chi connectivity index (χ4n) is 8.89. The highest BCUT2D eigenvalue weighted by Gasteiger charge is 2.30. The van der Waals surface area contributed by atoms with Gasteiger partial charge >= 0.3 is 0 Å². The summed E-state index contributed by atoms with van der Waals surface area (Å²) in [6.07, 6.45) is -0.470. The van der Waals surface area contributed by atoms with Gasteiger partial charge in [0.15, 0.2) is 0 Å². The van der Waals surface area contributed by atoms with Crippen LogP contribution in [0.3, 0.4) is 0 Å². The Kier molecular flexibility index (Phi) is 9.55. The van der Waals surface area contributed by atoms with E-state index >= 15 is 0 Å². The molecule has 0 radical (unpaired) electrons. The molecule has 0 saturated heterocycles. The third-order valence-electron chi connectivity index (χ3n) is 12.8. The van der Waals surface area contributed by atoms with Crippen LogP contribution in [0.15, 0.2) is 164 Å². The molecule has 9 rings (SSSR count). The highest BCUT2D eigenvalue weighted by molar-refractivity contribution is 5.98. The number of hydrogen-bond donors (Lipinski definition) is 1. The van der Waals surface area contributed by atoms with Crippen molar-refractivity contribution in [3.8, 4) is 78.6 Å². The van der Waals surface area contributed by atoms with Crippen LogP contribution in [0.2, 0.25) is 0 Å². The molecular formula is C64H65N3O. The summed E-state index contributed by atoms with van der Waals surface area (Å²) in [5.74, 6) is -0.385. The largest absolute Gasteiger partial charge is 0.507 e. The zero-order valence-electron chi connectivity index (χ0n) is 49.3. The smallest absolute Gasteiger partial charge is 0.149 e. The molecule has 0 fully saturated rings. The second-order valence-corrected chi connectivity index (χ2v) is 21.3. The molecule has 9 aromatic rings. The summed E-state index contributed by atoms with van der Waals surface area (Å²) < 4.78 is 74.4. The number of phenols is 1. The van der Waals surface area contributed by atoms with Crippen LogP contribution in [0.1, 0.15) is 121 Å². The second kappa shape index (κ2) is 17.6. The minimum absolute atomic E-state index is 0.0520. The van der Waals surface area contributed by atoms with Crippen LogP contribution >= 0.6 is 0 Å². The lowest BCUT2D eigenvalue weighted by molar-refractivity contribution is 0.446. The Bertz CT molecular complexity index is 3750. The van der Waals surface area contributed by atoms with E-state index in [4.69, 9.17) is 13.2 Å². The van der Waals surface area contributed by atoms with Crippen molar-refractivity contribution in [1.29, 1.82) is 0 Å². The molecule has 342 valence electrons. The van der Waals surface area contributed by atoms with Gasteiger partial charge in [-0.15, -0.1) is 0 Å². The van der Waals surface area contributed by atoms with E-state index in [1.165, 1.54) is 6.92 Å². The van der Waals surface area contributed by atoms with Gasteiger partial charge < -0.3 is 5.11 Å². The van der Waals surface area contributed by atoms with Crippen LogP contribution < -0.4 is 0 Å². The normalized spacial score (nSPS) is 14.1. The number of hydrogen-bond acceptors (Lipinski definition) is 3. The molecule has 0 bridgehead atoms. The predicted molar refractivity (Wildman–Crippen MR) is 288 cm³/mol. The number of pyridine rings is 1. The minimum Gasteiger partial charge on any atom is -0.507 e. The predicted octanol–water partition coefficient (Wildman–Crippen LogP) is 17.5. The fraction of sp³-hybridized carbons (Fsp3) is 0.250. The van der Waals surface area contributed by atoms with Gasteiger partial charge in [-0.05, 0) is 128 Å². The molecule has 0 spiro atoms. The van der Waals surface area contributed by atoms with E-state index in [0.29, 0.717) is 22.5 Å². The van der Waals surface area contributed by atoms with Gasteiger partial charge in [0.1, 0.15) is 11.6 Å². The van der Waals surface area contributed by atoms with Gasteiger partial charge in [-0.3, -0.25) is 9.55 Å². The molecule has 0 atom stereocenters. The molecule has 0 amide bonds. The van der Waals surface area contributed by atoms with Gasteiger partial charge in [0.05, 0.1) is 37.6 Å². The standard InChI is InChI=1S/C64H65N3O/c1-40(2)51-38-53(44-22-17-14-18-23-44)58(39-52(51)43-20-15-13-16-21-43)67-57-25-19-24-50(59(57)66-61(67)54-36-49(63(7,8)9)37-55(60(54)68)64(10,11)12)46-32-47(34-48(33-46)62(4,5)6)56-35-45(30-31-65-56)42-28-26-41(3)27-29-42/h13-40,68H,1-12H3/i26D,27D,28D,29D,30D,31D,35D,40D. The molecule has 0 aliphatic carbocycles. The summed E-state index contributed by atoms with van der Waals surface area (Å²) in [6.45, 7) is 24.3. The Morgan fingerprint density at radius 2 is 1.18 bits per heavy atom. The molecule has 4 heteroatoms. The number of aromatic hydroxyl groups is 1. The lowest BCUT2D eigenvalue weighted by atomic mass is 9.79. The first-order valence-corrected chi connectivity index (χ1v) is 23.4. The van der Waals surface area contributed by atoms with E-state index in [9.17, 15) is 7.85 Å². The Morgan fingerprint density at radius 1 is 0.559 bits per heavy atom. The Labute approximate surface area is 415 Å². The summed E-state index contributed by atoms with van der Waals surface area (Å²) in [7, 11) is 0. The number of nitrogens with zero attached hydrogens (tertiary/aromatic N) is 3. The molecular weight excluding hydrogens is 827 g/mol. The van der Waals surface area contributed by atoms with Gasteiger partial charge in [-0.25, -0.2) is 4.98 Å². The van der Waals surface area contributed by atoms with Crippen molar-refractivity contribution in [3.05, 3.63) is 192 Å². The monoisotopic (exact) mass is 900 g/mol. The van der Waals surface area contributed by atoms with Crippen LogP contribution in [0, 0.1) is 6.92 Å². The number of para-hydroxylation sites is 1. The highest BCUT2D eigenvalue weighted by atomic mass is 16.3. The SMILES string of the molecule is [2H]c1nc(-c2cc(-c3cccc4c3nc(-c3cc(C(C)(C)C)cc(C(C)(C)C)c3O)n4-c3cc(-c4ccccc4)c(C([2H])(C)C)cc3-c3ccccc3)cc(C(C)(C)C)c2)c([2H])c(-c2c([2H])c([2H])c(C)c([2H])c2[2H])c1[2H]. The van der Waals surface area contributed by atoms with E-state index in [1.54, 1.807) is 0 Å². The van der Waals surface area contributed by atoms with Gasteiger partial charge in [0.2, 0.25) is 0 Å². The average Bonchev–Trinajstić information content (AvgIpc) is 3.79. The molecule has 2 aromatic heterocycles. The van der Waals surface area contributed by atoms with E-state index in [-0.39, 0.29) is 51.7 Å². The van der Waals surface area contributed by atoms with Crippen LogP contribution in [-0.4, -0.2) is 19.6 Å². The quantitative estimate of drug-likeness (QED) is 0.165. The minimum atomic E-state index is -1.00. The van der Waals surface area contributed by atoms with Crippen molar-refractivity contribution in [1.82, 2.24) is 14.5 Å². The molecule has 1 N–H and O–H groups in total. The first-order chi connectivity index (χ1) is 35.5. The average molecular weight is 900 g/mol. The van der Waals surface area contributed by atoms with Crippen molar-refractivity contribution in [2.45, 2.75) is 105 Å². The molecule has 4 nitrogen and oxygen atoms in total. The molecule has 2 heterocycles. The molecule has 0 saturated carbocycles. The lowest BCUT2D eigenvalue weighted by Crippen LogP contribution is -2.17. The number of benzene rings is 7. The fourth-order valence-corrected chi connectivity index (χ4v) is 8.89. The topological polar surface area (TPSA) is 50.9 Å². The van der Waals surface area contributed by atoms with Crippen LogP contribution in [-0.2, 0) is 16.2 Å². The first kappa shape index (κ1) is 37.0. The van der Waals surface area contributed by atoms with Crippen molar-refractivity contribution in [3.63, 3.8) is 0 Å². The Balaban J connectivity index is 1.43. The molecule has 0 aliphatic rings. The van der Waals surface area contributed by atoms with Gasteiger partial charge in [-0.2, -0.15) is 0 Å². The number of fused-ring (bicyclic) bond motifs is 1. The summed E-state index contributed by atoms with van der Waals surface area (Å²) in [6, 6.07) is 38.5. The van der Waals surface area contributed by atoms with Crippen molar-refractivity contribution in [2.24, 2.45) is 0 Å². The Morgan fingerprint density at radius 3 is 1.79 bits per heavy atom. The molecule has 7 aromatic carbocycles. The second-order valence-electron chi connectivity index (χ2n) is 21.3. The maximum atomic E-state index is 12.8. The van der Waals surface area contributed by atoms with Crippen molar-refractivity contribution >= 4 is 11.0 Å². The zero-order valence-corrected chi connectivity index (χ0v) is 41.3. The molecule has 0 aliphatic heterocycles. The summed E-state index contributed by atoms with van der Waals surface area (Å²) in [5.41, 5.74) is 10.3. The van der Waals surface area contributed by atoms with Gasteiger partial charge in [0, 0.05) is 29.8 Å². The van der Waals surface area contributed by atoms with Gasteiger partial charge in [0.25, 0.3) is 0 Å². The van der Waals surface area contributed by atoms with Crippen LogP contribution in [0.5, 0.6) is 5.75 Å². The molecule has 68 heavy (non-hydrogen) atoms. The zero-order chi connectivity index (χ0) is 55.3. The summed E-state index contributed by atoms with van der Waals surface area (Å²) in [4.78, 5) is 10.2. The number of imidazole rings is 1. The van der Waals surface area contributed by atoms with E-state index in [0.717, 1.165) is 66.8 Å². The maximum absolute atomic E-state index is 12.8. The van der Waals surface area contributed by atoms with Crippen LogP contribution in [0.4, 0.5) is 0 Å². The first-order valence-electron chi connectivity index (χ1n) is 27.4. The lowest BCUT2D eigenvalue weighted by Gasteiger charge is -2.28. The third-order valence-corrected chi connectivity index (χ3v) is 12.8. The summed E-state index contributed by atoms with van der Waals surface area (Å²) in [5, 5.41) is 12.8. The van der Waals surface area contributed by atoms with Crippen molar-refractivity contribution < 1.29 is 16.1 Å². The van der Waals surface area contributed by atoms with E-state index < -0.39 is 41.0 Å². The van der Waals surface area contributed by atoms with Gasteiger partial charge in [-0.1, -0.05) is 191 Å². The Hall–Kier alpha value is -7.04.